The molecule has 1 heterocycles. The second kappa shape index (κ2) is 7.42. The number of rotatable bonds is 7. The number of sulfonamides is 1. The van der Waals surface area contributed by atoms with Crippen molar-refractivity contribution in [3.63, 3.8) is 0 Å². The van der Waals surface area contributed by atoms with E-state index in [-0.39, 0.29) is 16.4 Å². The molecule has 1 saturated carbocycles. The average molecular weight is 395 g/mol. The zero-order valence-corrected chi connectivity index (χ0v) is 16.7. The van der Waals surface area contributed by atoms with Crippen LogP contribution in [0.4, 0.5) is 5.13 Å². The first-order valence-electron chi connectivity index (χ1n) is 8.62. The standard InChI is InChI=1S/C17H22N4O3S2/c1-4-21(5-2)26(23,24)14-10-13(7-6-11(14)3)15(22)18-17-20-19-16(25-17)12-8-9-12/h6-7,10,12H,4-5,8-9H2,1-3H3,(H,18,20,22). The van der Waals surface area contributed by atoms with Gasteiger partial charge in [0.2, 0.25) is 15.2 Å². The van der Waals surface area contributed by atoms with Gasteiger partial charge in [-0.05, 0) is 37.5 Å². The molecule has 0 bridgehead atoms. The lowest BCUT2D eigenvalue weighted by molar-refractivity contribution is 0.102. The molecule has 9 heteroatoms. The fourth-order valence-electron chi connectivity index (χ4n) is 2.67. The number of carbonyl (C=O) groups is 1. The molecule has 1 aromatic heterocycles. The molecule has 0 saturated heterocycles. The van der Waals surface area contributed by atoms with Gasteiger partial charge >= 0.3 is 0 Å². The maximum absolute atomic E-state index is 12.8. The number of benzene rings is 1. The van der Waals surface area contributed by atoms with Gasteiger partial charge in [0.25, 0.3) is 5.91 Å². The van der Waals surface area contributed by atoms with Crippen LogP contribution < -0.4 is 5.32 Å². The van der Waals surface area contributed by atoms with Crippen molar-refractivity contribution in [3.05, 3.63) is 34.3 Å². The molecule has 1 aromatic carbocycles. The van der Waals surface area contributed by atoms with Crippen LogP contribution in [-0.2, 0) is 10.0 Å². The summed E-state index contributed by atoms with van der Waals surface area (Å²) >= 11 is 1.37. The third-order valence-electron chi connectivity index (χ3n) is 4.36. The SMILES string of the molecule is CCN(CC)S(=O)(=O)c1cc(C(=O)Nc2nnc(C3CC3)s2)ccc1C. The molecule has 26 heavy (non-hydrogen) atoms. The van der Waals surface area contributed by atoms with E-state index in [1.54, 1.807) is 32.9 Å². The predicted octanol–water partition coefficient (Wildman–Crippen LogP) is 3.01. The Morgan fingerprint density at radius 3 is 2.58 bits per heavy atom. The molecule has 1 aliphatic carbocycles. The summed E-state index contributed by atoms with van der Waals surface area (Å²) in [4.78, 5) is 12.7. The molecule has 3 rings (SSSR count). The van der Waals surface area contributed by atoms with Crippen molar-refractivity contribution in [2.75, 3.05) is 18.4 Å². The quantitative estimate of drug-likeness (QED) is 0.779. The molecule has 2 aromatic rings. The molecule has 0 radical (unpaired) electrons. The summed E-state index contributed by atoms with van der Waals surface area (Å²) < 4.78 is 27.0. The maximum Gasteiger partial charge on any atom is 0.257 e. The van der Waals surface area contributed by atoms with Gasteiger partial charge in [-0.25, -0.2) is 8.42 Å². The number of hydrogen-bond acceptors (Lipinski definition) is 6. The van der Waals surface area contributed by atoms with E-state index in [4.69, 9.17) is 0 Å². The highest BCUT2D eigenvalue weighted by atomic mass is 32.2. The van der Waals surface area contributed by atoms with E-state index in [9.17, 15) is 13.2 Å². The van der Waals surface area contributed by atoms with Crippen LogP contribution in [0.25, 0.3) is 0 Å². The number of anilines is 1. The summed E-state index contributed by atoms with van der Waals surface area (Å²) in [5, 5.41) is 12.2. The van der Waals surface area contributed by atoms with Gasteiger partial charge < -0.3 is 0 Å². The van der Waals surface area contributed by atoms with Crippen LogP contribution in [0, 0.1) is 6.92 Å². The molecule has 7 nitrogen and oxygen atoms in total. The number of nitrogens with zero attached hydrogens (tertiary/aromatic N) is 3. The number of carbonyl (C=O) groups excluding carboxylic acids is 1. The minimum atomic E-state index is -3.63. The van der Waals surface area contributed by atoms with E-state index in [1.165, 1.54) is 21.7 Å². The van der Waals surface area contributed by atoms with Gasteiger partial charge in [0, 0.05) is 24.6 Å². The molecule has 140 valence electrons. The zero-order valence-electron chi connectivity index (χ0n) is 15.0. The molecular weight excluding hydrogens is 372 g/mol. The number of aromatic nitrogens is 2. The Labute approximate surface area is 157 Å². The number of amides is 1. The van der Waals surface area contributed by atoms with Crippen LogP contribution in [0.2, 0.25) is 0 Å². The lowest BCUT2D eigenvalue weighted by Crippen LogP contribution is -2.31. The number of nitrogens with one attached hydrogen (secondary N) is 1. The van der Waals surface area contributed by atoms with Gasteiger partial charge in [-0.15, -0.1) is 10.2 Å². The van der Waals surface area contributed by atoms with E-state index in [0.717, 1.165) is 17.8 Å². The largest absolute Gasteiger partial charge is 0.296 e. The summed E-state index contributed by atoms with van der Waals surface area (Å²) in [6.45, 7) is 6.07. The van der Waals surface area contributed by atoms with Crippen molar-refractivity contribution in [2.45, 2.75) is 44.4 Å². The fourth-order valence-corrected chi connectivity index (χ4v) is 5.29. The van der Waals surface area contributed by atoms with Crippen molar-refractivity contribution in [1.29, 1.82) is 0 Å². The highest BCUT2D eigenvalue weighted by molar-refractivity contribution is 7.89. The maximum atomic E-state index is 12.8. The minimum Gasteiger partial charge on any atom is -0.296 e. The monoisotopic (exact) mass is 394 g/mol. The minimum absolute atomic E-state index is 0.157. The molecule has 0 unspecified atom stereocenters. The molecule has 1 N–H and O–H groups in total. The number of hydrogen-bond donors (Lipinski definition) is 1. The van der Waals surface area contributed by atoms with Gasteiger partial charge in [-0.1, -0.05) is 31.3 Å². The molecule has 0 aliphatic heterocycles. The lowest BCUT2D eigenvalue weighted by Gasteiger charge is -2.20. The van der Waals surface area contributed by atoms with Crippen molar-refractivity contribution in [3.8, 4) is 0 Å². The number of aryl methyl sites for hydroxylation is 1. The second-order valence-electron chi connectivity index (χ2n) is 6.24. The first-order valence-corrected chi connectivity index (χ1v) is 10.9. The topological polar surface area (TPSA) is 92.3 Å². The van der Waals surface area contributed by atoms with Gasteiger partial charge in [0.05, 0.1) is 4.90 Å². The van der Waals surface area contributed by atoms with Gasteiger partial charge in [0.15, 0.2) is 0 Å². The van der Waals surface area contributed by atoms with E-state index in [1.807, 2.05) is 0 Å². The molecular formula is C17H22N4O3S2. The van der Waals surface area contributed by atoms with Crippen LogP contribution in [0.5, 0.6) is 0 Å². The smallest absolute Gasteiger partial charge is 0.257 e. The van der Waals surface area contributed by atoms with Crippen LogP contribution in [0.1, 0.15) is 53.5 Å². The Kier molecular flexibility index (Phi) is 5.40. The van der Waals surface area contributed by atoms with Crippen molar-refractivity contribution >= 4 is 32.4 Å². The third-order valence-corrected chi connectivity index (χ3v) is 7.55. The van der Waals surface area contributed by atoms with Crippen molar-refractivity contribution < 1.29 is 13.2 Å². The summed E-state index contributed by atoms with van der Waals surface area (Å²) in [6.07, 6.45) is 2.24. The van der Waals surface area contributed by atoms with Crippen LogP contribution >= 0.6 is 11.3 Å². The highest BCUT2D eigenvalue weighted by Gasteiger charge is 2.28. The van der Waals surface area contributed by atoms with Gasteiger partial charge in [0.1, 0.15) is 5.01 Å². The van der Waals surface area contributed by atoms with Crippen LogP contribution in [0.3, 0.4) is 0 Å². The summed E-state index contributed by atoms with van der Waals surface area (Å²) in [5.74, 6) is 0.0860. The van der Waals surface area contributed by atoms with E-state index in [2.05, 4.69) is 15.5 Å². The Morgan fingerprint density at radius 2 is 1.96 bits per heavy atom. The summed E-state index contributed by atoms with van der Waals surface area (Å²) in [5.41, 5.74) is 0.893. The molecule has 0 atom stereocenters. The van der Waals surface area contributed by atoms with Crippen LogP contribution in [-0.4, -0.2) is 41.9 Å². The fraction of sp³-hybridized carbons (Fsp3) is 0.471. The predicted molar refractivity (Wildman–Crippen MR) is 101 cm³/mol. The highest BCUT2D eigenvalue weighted by Crippen LogP contribution is 2.42. The summed E-state index contributed by atoms with van der Waals surface area (Å²) in [7, 11) is -3.63. The molecule has 1 amide bonds. The molecule has 1 aliphatic rings. The van der Waals surface area contributed by atoms with Crippen LogP contribution in [0.15, 0.2) is 23.1 Å². The third kappa shape index (κ3) is 3.79. The van der Waals surface area contributed by atoms with E-state index in [0.29, 0.717) is 29.7 Å². The first kappa shape index (κ1) is 18.9. The van der Waals surface area contributed by atoms with Crippen molar-refractivity contribution in [2.24, 2.45) is 0 Å². The zero-order chi connectivity index (χ0) is 18.9. The van der Waals surface area contributed by atoms with Gasteiger partial charge in [-0.2, -0.15) is 4.31 Å². The van der Waals surface area contributed by atoms with E-state index < -0.39 is 10.0 Å². The summed E-state index contributed by atoms with van der Waals surface area (Å²) in [6, 6.07) is 4.71. The Bertz CT molecular complexity index is 916. The second-order valence-corrected chi connectivity index (χ2v) is 9.16. The molecule has 0 spiro atoms. The normalized spacial score (nSPS) is 14.6. The lowest BCUT2D eigenvalue weighted by atomic mass is 10.1. The Morgan fingerprint density at radius 1 is 1.27 bits per heavy atom. The first-order chi connectivity index (χ1) is 12.4. The van der Waals surface area contributed by atoms with E-state index >= 15 is 0 Å². The molecule has 1 fully saturated rings. The average Bonchev–Trinajstić information content (AvgIpc) is 3.35. The van der Waals surface area contributed by atoms with Crippen molar-refractivity contribution in [1.82, 2.24) is 14.5 Å². The Balaban J connectivity index is 1.84. The van der Waals surface area contributed by atoms with Gasteiger partial charge in [-0.3, -0.25) is 10.1 Å². The Hall–Kier alpha value is -1.84.